The van der Waals surface area contributed by atoms with Gasteiger partial charge in [0, 0.05) is 19.5 Å². The zero-order valence-corrected chi connectivity index (χ0v) is 25.4. The third-order valence-electron chi connectivity index (χ3n) is 7.39. The van der Waals surface area contributed by atoms with Crippen LogP contribution in [0.1, 0.15) is 36.0 Å². The zero-order valence-electron chi connectivity index (χ0n) is 25.4. The van der Waals surface area contributed by atoms with Gasteiger partial charge in [-0.25, -0.2) is 0 Å². The number of hydrogen-bond acceptors (Lipinski definition) is 5. The molecule has 2 N–H and O–H groups in total. The van der Waals surface area contributed by atoms with E-state index in [0.717, 1.165) is 16.7 Å². The number of ether oxygens (including phenoxy) is 1. The van der Waals surface area contributed by atoms with E-state index in [1.165, 1.54) is 0 Å². The molecule has 0 spiro atoms. The summed E-state index contributed by atoms with van der Waals surface area (Å²) in [4.78, 5) is 41.7. The van der Waals surface area contributed by atoms with Gasteiger partial charge in [-0.2, -0.15) is 0 Å². The molecule has 232 valence electrons. The number of benzene rings is 3. The molecule has 0 unspecified atom stereocenters. The van der Waals surface area contributed by atoms with E-state index >= 15 is 0 Å². The Hall–Kier alpha value is -4.49. The maximum Gasteiger partial charge on any atom is 0.309 e. The molecule has 0 bridgehead atoms. The van der Waals surface area contributed by atoms with E-state index in [9.17, 15) is 19.5 Å². The van der Waals surface area contributed by atoms with Crippen molar-refractivity contribution in [2.75, 3.05) is 19.8 Å². The predicted octanol–water partition coefficient (Wildman–Crippen LogP) is 5.30. The standard InChI is InChI=1S/C37H44N2O5/c1-3-14-32(26-35(41)39(22-23-40)27-31-20-12-7-13-21-31)36(42)38-34(25-30-18-10-6-11-19-30)28-44-37(43)33(15-4-2)24-29-16-8-5-9-17-29/h3-13,16-21,32-34,40H,1-2,14-15,22-28H2,(H,38,42)/t32-,33-,34+/m1/s1. The van der Waals surface area contributed by atoms with E-state index in [0.29, 0.717) is 32.2 Å². The molecule has 3 atom stereocenters. The number of hydrogen-bond donors (Lipinski definition) is 2. The van der Waals surface area contributed by atoms with Crippen molar-refractivity contribution >= 4 is 17.8 Å². The van der Waals surface area contributed by atoms with Crippen molar-refractivity contribution in [1.82, 2.24) is 10.2 Å². The summed E-state index contributed by atoms with van der Waals surface area (Å²) in [6.45, 7) is 7.91. The van der Waals surface area contributed by atoms with Crippen molar-refractivity contribution in [3.63, 3.8) is 0 Å². The van der Waals surface area contributed by atoms with Crippen LogP contribution in [0, 0.1) is 11.8 Å². The molecule has 0 saturated carbocycles. The van der Waals surface area contributed by atoms with Gasteiger partial charge in [0.15, 0.2) is 0 Å². The predicted molar refractivity (Wildman–Crippen MR) is 173 cm³/mol. The quantitative estimate of drug-likeness (QED) is 0.145. The zero-order chi connectivity index (χ0) is 31.6. The van der Waals surface area contributed by atoms with Gasteiger partial charge in [-0.3, -0.25) is 14.4 Å². The van der Waals surface area contributed by atoms with Crippen LogP contribution in [0.15, 0.2) is 116 Å². The summed E-state index contributed by atoms with van der Waals surface area (Å²) in [6.07, 6.45) is 5.05. The van der Waals surface area contributed by atoms with Crippen molar-refractivity contribution in [3.05, 3.63) is 133 Å². The molecule has 0 aliphatic carbocycles. The largest absolute Gasteiger partial charge is 0.463 e. The van der Waals surface area contributed by atoms with Gasteiger partial charge < -0.3 is 20.1 Å². The van der Waals surface area contributed by atoms with Crippen LogP contribution < -0.4 is 5.32 Å². The van der Waals surface area contributed by atoms with Crippen LogP contribution in [0.25, 0.3) is 0 Å². The number of esters is 1. The number of aliphatic hydroxyl groups excluding tert-OH is 1. The second-order valence-electron chi connectivity index (χ2n) is 10.9. The van der Waals surface area contributed by atoms with Crippen molar-refractivity contribution in [1.29, 1.82) is 0 Å². The highest BCUT2D eigenvalue weighted by Crippen LogP contribution is 2.18. The van der Waals surface area contributed by atoms with Crippen LogP contribution in [0.4, 0.5) is 0 Å². The lowest BCUT2D eigenvalue weighted by Crippen LogP contribution is -2.45. The Labute approximate surface area is 261 Å². The molecule has 3 aromatic carbocycles. The van der Waals surface area contributed by atoms with Crippen molar-refractivity contribution in [2.24, 2.45) is 11.8 Å². The number of rotatable bonds is 19. The Morgan fingerprint density at radius 1 is 0.773 bits per heavy atom. The minimum absolute atomic E-state index is 0.0126. The number of allylic oxidation sites excluding steroid dienone is 2. The van der Waals surface area contributed by atoms with E-state index in [-0.39, 0.29) is 44.0 Å². The fraction of sp³-hybridized carbons (Fsp3) is 0.324. The molecule has 7 nitrogen and oxygen atoms in total. The lowest BCUT2D eigenvalue weighted by molar-refractivity contribution is -0.149. The first-order valence-corrected chi connectivity index (χ1v) is 15.1. The maximum absolute atomic E-state index is 13.6. The number of nitrogens with one attached hydrogen (secondary N) is 1. The Morgan fingerprint density at radius 2 is 1.30 bits per heavy atom. The third-order valence-corrected chi connectivity index (χ3v) is 7.39. The van der Waals surface area contributed by atoms with Gasteiger partial charge in [0.1, 0.15) is 6.61 Å². The van der Waals surface area contributed by atoms with Gasteiger partial charge in [-0.1, -0.05) is 103 Å². The molecule has 0 aromatic heterocycles. The second-order valence-corrected chi connectivity index (χ2v) is 10.9. The molecule has 3 aromatic rings. The molecule has 0 fully saturated rings. The lowest BCUT2D eigenvalue weighted by Gasteiger charge is -2.26. The minimum atomic E-state index is -0.669. The highest BCUT2D eigenvalue weighted by Gasteiger charge is 2.27. The highest BCUT2D eigenvalue weighted by molar-refractivity contribution is 5.86. The maximum atomic E-state index is 13.6. The number of carbonyl (C=O) groups is 3. The fourth-order valence-corrected chi connectivity index (χ4v) is 5.07. The fourth-order valence-electron chi connectivity index (χ4n) is 5.07. The molecule has 0 aliphatic heterocycles. The first kappa shape index (κ1) is 34.0. The number of aliphatic hydroxyl groups is 1. The van der Waals surface area contributed by atoms with E-state index in [1.807, 2.05) is 91.0 Å². The summed E-state index contributed by atoms with van der Waals surface area (Å²) in [5.74, 6) is -1.96. The first-order valence-electron chi connectivity index (χ1n) is 15.1. The van der Waals surface area contributed by atoms with Crippen molar-refractivity contribution in [2.45, 2.75) is 44.7 Å². The van der Waals surface area contributed by atoms with Crippen LogP contribution in [-0.4, -0.2) is 53.6 Å². The van der Waals surface area contributed by atoms with E-state index in [1.54, 1.807) is 17.1 Å². The van der Waals surface area contributed by atoms with Gasteiger partial charge in [-0.05, 0) is 42.4 Å². The lowest BCUT2D eigenvalue weighted by atomic mass is 9.96. The SMILES string of the molecule is C=CC[C@H](CC(=O)N(CCO)Cc1ccccc1)C(=O)N[C@H](COC(=O)[C@H](CC=C)Cc1ccccc1)Cc1ccccc1. The highest BCUT2D eigenvalue weighted by atomic mass is 16.5. The molecular formula is C37H44N2O5. The molecule has 0 heterocycles. The average molecular weight is 597 g/mol. The number of amides is 2. The molecule has 3 rings (SSSR count). The molecule has 7 heteroatoms. The summed E-state index contributed by atoms with van der Waals surface area (Å²) < 4.78 is 5.80. The molecule has 0 aliphatic rings. The molecule has 44 heavy (non-hydrogen) atoms. The van der Waals surface area contributed by atoms with Crippen LogP contribution in [0.2, 0.25) is 0 Å². The summed E-state index contributed by atoms with van der Waals surface area (Å²) in [5.41, 5.74) is 2.95. The summed E-state index contributed by atoms with van der Waals surface area (Å²) in [7, 11) is 0. The van der Waals surface area contributed by atoms with Gasteiger partial charge >= 0.3 is 5.97 Å². The van der Waals surface area contributed by atoms with E-state index < -0.39 is 17.9 Å². The van der Waals surface area contributed by atoms with Gasteiger partial charge in [0.05, 0.1) is 24.5 Å². The van der Waals surface area contributed by atoms with E-state index in [4.69, 9.17) is 4.74 Å². The number of nitrogens with zero attached hydrogens (tertiary/aromatic N) is 1. The summed E-state index contributed by atoms with van der Waals surface area (Å²) in [5, 5.41) is 12.6. The Morgan fingerprint density at radius 3 is 1.84 bits per heavy atom. The monoisotopic (exact) mass is 596 g/mol. The Bertz CT molecular complexity index is 1310. The third kappa shape index (κ3) is 11.7. The average Bonchev–Trinajstić information content (AvgIpc) is 3.04. The second kappa shape index (κ2) is 18.9. The van der Waals surface area contributed by atoms with Crippen molar-refractivity contribution < 1.29 is 24.2 Å². The normalized spacial score (nSPS) is 12.8. The summed E-state index contributed by atoms with van der Waals surface area (Å²) >= 11 is 0. The van der Waals surface area contributed by atoms with Crippen LogP contribution >= 0.6 is 0 Å². The summed E-state index contributed by atoms with van der Waals surface area (Å²) in [6, 6.07) is 28.4. The Kier molecular flexibility index (Phi) is 14.6. The van der Waals surface area contributed by atoms with Crippen LogP contribution in [0.3, 0.4) is 0 Å². The molecular weight excluding hydrogens is 552 g/mol. The minimum Gasteiger partial charge on any atom is -0.463 e. The molecule has 0 radical (unpaired) electrons. The smallest absolute Gasteiger partial charge is 0.309 e. The van der Waals surface area contributed by atoms with Crippen LogP contribution in [0.5, 0.6) is 0 Å². The first-order chi connectivity index (χ1) is 21.4. The van der Waals surface area contributed by atoms with Crippen LogP contribution in [-0.2, 0) is 38.5 Å². The number of carbonyl (C=O) groups excluding carboxylic acids is 3. The van der Waals surface area contributed by atoms with Gasteiger partial charge in [-0.15, -0.1) is 13.2 Å². The van der Waals surface area contributed by atoms with Gasteiger partial charge in [0.25, 0.3) is 0 Å². The van der Waals surface area contributed by atoms with E-state index in [2.05, 4.69) is 18.5 Å². The molecule has 0 saturated heterocycles. The van der Waals surface area contributed by atoms with Crippen molar-refractivity contribution in [3.8, 4) is 0 Å². The van der Waals surface area contributed by atoms with Gasteiger partial charge in [0.2, 0.25) is 11.8 Å². The molecule has 2 amide bonds. The Balaban J connectivity index is 1.70. The topological polar surface area (TPSA) is 95.9 Å².